The van der Waals surface area contributed by atoms with Crippen molar-refractivity contribution in [3.63, 3.8) is 0 Å². The molecule has 2 nitrogen and oxygen atoms in total. The highest BCUT2D eigenvalue weighted by molar-refractivity contribution is 5.05. The molecule has 2 saturated carbocycles. The second-order valence-electron chi connectivity index (χ2n) is 4.40. The molecule has 0 radical (unpaired) electrons. The van der Waals surface area contributed by atoms with Gasteiger partial charge in [0.05, 0.1) is 0 Å². The van der Waals surface area contributed by atoms with Crippen LogP contribution in [0, 0.1) is 17.8 Å². The number of fused-ring (bicyclic) bond motifs is 1. The Kier molecular flexibility index (Phi) is 2.37. The molecule has 3 N–H and O–H groups in total. The molecule has 0 bridgehead atoms. The first kappa shape index (κ1) is 8.52. The van der Waals surface area contributed by atoms with Crippen molar-refractivity contribution in [3.05, 3.63) is 0 Å². The molecule has 0 saturated heterocycles. The average Bonchev–Trinajstić information content (AvgIpc) is 2.59. The largest absolute Gasteiger partial charge is 0.271 e. The molecule has 2 heteroatoms. The van der Waals surface area contributed by atoms with Crippen LogP contribution in [0.15, 0.2) is 0 Å². The number of hydrazine groups is 1. The van der Waals surface area contributed by atoms with Gasteiger partial charge in [0, 0.05) is 6.04 Å². The van der Waals surface area contributed by atoms with Gasteiger partial charge in [-0.25, -0.2) is 0 Å². The zero-order chi connectivity index (χ0) is 8.55. The van der Waals surface area contributed by atoms with E-state index in [0.29, 0.717) is 6.04 Å². The van der Waals surface area contributed by atoms with Gasteiger partial charge in [-0.2, -0.15) is 0 Å². The SMILES string of the molecule is CCCC(NN)C1C2CCCC21. The van der Waals surface area contributed by atoms with Crippen molar-refractivity contribution in [1.29, 1.82) is 0 Å². The molecule has 0 heterocycles. The highest BCUT2D eigenvalue weighted by atomic mass is 15.2. The normalized spacial score (nSPS) is 41.0. The lowest BCUT2D eigenvalue weighted by molar-refractivity contribution is 0.388. The Morgan fingerprint density at radius 1 is 1.42 bits per heavy atom. The monoisotopic (exact) mass is 168 g/mol. The zero-order valence-electron chi connectivity index (χ0n) is 7.92. The van der Waals surface area contributed by atoms with Crippen LogP contribution in [0.1, 0.15) is 39.0 Å². The third-order valence-corrected chi connectivity index (χ3v) is 3.75. The van der Waals surface area contributed by atoms with Crippen molar-refractivity contribution >= 4 is 0 Å². The quantitative estimate of drug-likeness (QED) is 0.495. The molecule has 0 amide bonds. The van der Waals surface area contributed by atoms with Gasteiger partial charge in [-0.3, -0.25) is 11.3 Å². The molecule has 3 unspecified atom stereocenters. The smallest absolute Gasteiger partial charge is 0.0244 e. The molecule has 0 aromatic rings. The molecule has 0 aromatic carbocycles. The maximum Gasteiger partial charge on any atom is 0.0244 e. The molecular formula is C10H20N2. The van der Waals surface area contributed by atoms with Crippen LogP contribution < -0.4 is 11.3 Å². The molecule has 0 spiro atoms. The summed E-state index contributed by atoms with van der Waals surface area (Å²) >= 11 is 0. The molecule has 0 aromatic heterocycles. The first-order chi connectivity index (χ1) is 5.88. The summed E-state index contributed by atoms with van der Waals surface area (Å²) in [4.78, 5) is 0. The van der Waals surface area contributed by atoms with Crippen molar-refractivity contribution in [2.45, 2.75) is 45.1 Å². The molecule has 2 rings (SSSR count). The Hall–Kier alpha value is -0.0800. The van der Waals surface area contributed by atoms with Crippen LogP contribution in [0.2, 0.25) is 0 Å². The van der Waals surface area contributed by atoms with Gasteiger partial charge in [-0.15, -0.1) is 0 Å². The van der Waals surface area contributed by atoms with E-state index in [1.165, 1.54) is 32.1 Å². The van der Waals surface area contributed by atoms with Crippen LogP contribution in [0.25, 0.3) is 0 Å². The summed E-state index contributed by atoms with van der Waals surface area (Å²) in [6.45, 7) is 2.24. The molecule has 2 aliphatic carbocycles. The van der Waals surface area contributed by atoms with Crippen molar-refractivity contribution in [2.75, 3.05) is 0 Å². The van der Waals surface area contributed by atoms with Gasteiger partial charge in [0.25, 0.3) is 0 Å². The van der Waals surface area contributed by atoms with Crippen molar-refractivity contribution in [2.24, 2.45) is 23.6 Å². The van der Waals surface area contributed by atoms with E-state index in [1.54, 1.807) is 0 Å². The number of rotatable bonds is 4. The lowest BCUT2D eigenvalue weighted by Gasteiger charge is -2.16. The van der Waals surface area contributed by atoms with Crippen LogP contribution in [0.5, 0.6) is 0 Å². The van der Waals surface area contributed by atoms with E-state index in [4.69, 9.17) is 5.84 Å². The Morgan fingerprint density at radius 2 is 2.08 bits per heavy atom. The minimum absolute atomic E-state index is 0.616. The summed E-state index contributed by atoms with van der Waals surface area (Å²) in [6.07, 6.45) is 6.92. The van der Waals surface area contributed by atoms with E-state index < -0.39 is 0 Å². The number of hydrogen-bond acceptors (Lipinski definition) is 2. The minimum atomic E-state index is 0.616. The third kappa shape index (κ3) is 1.27. The van der Waals surface area contributed by atoms with Crippen LogP contribution in [-0.4, -0.2) is 6.04 Å². The Morgan fingerprint density at radius 3 is 2.58 bits per heavy atom. The van der Waals surface area contributed by atoms with E-state index in [0.717, 1.165) is 17.8 Å². The summed E-state index contributed by atoms with van der Waals surface area (Å²) in [5, 5.41) is 0. The molecule has 3 atom stereocenters. The lowest BCUT2D eigenvalue weighted by atomic mass is 10.0. The maximum absolute atomic E-state index is 5.55. The maximum atomic E-state index is 5.55. The standard InChI is InChI=1S/C10H20N2/c1-2-4-9(12-11)10-7-5-3-6-8(7)10/h7-10,12H,2-6,11H2,1H3. The lowest BCUT2D eigenvalue weighted by Crippen LogP contribution is -2.37. The third-order valence-electron chi connectivity index (χ3n) is 3.75. The fourth-order valence-corrected chi connectivity index (χ4v) is 3.17. The first-order valence-corrected chi connectivity index (χ1v) is 5.34. The molecular weight excluding hydrogens is 148 g/mol. The first-order valence-electron chi connectivity index (χ1n) is 5.34. The van der Waals surface area contributed by atoms with Crippen LogP contribution in [0.3, 0.4) is 0 Å². The fourth-order valence-electron chi connectivity index (χ4n) is 3.17. The summed E-state index contributed by atoms with van der Waals surface area (Å²) in [5.41, 5.74) is 2.99. The van der Waals surface area contributed by atoms with Gasteiger partial charge in [0.1, 0.15) is 0 Å². The molecule has 2 fully saturated rings. The predicted molar refractivity (Wildman–Crippen MR) is 50.3 cm³/mol. The molecule has 2 aliphatic rings. The summed E-state index contributed by atoms with van der Waals surface area (Å²) in [7, 11) is 0. The van der Waals surface area contributed by atoms with Crippen LogP contribution in [0.4, 0.5) is 0 Å². The summed E-state index contributed by atoms with van der Waals surface area (Å²) in [6, 6.07) is 0.616. The number of nitrogens with one attached hydrogen (secondary N) is 1. The van der Waals surface area contributed by atoms with E-state index in [2.05, 4.69) is 12.3 Å². The predicted octanol–water partition coefficient (Wildman–Crippen LogP) is 1.66. The average molecular weight is 168 g/mol. The number of nitrogens with two attached hydrogens (primary N) is 1. The van der Waals surface area contributed by atoms with Crippen LogP contribution in [-0.2, 0) is 0 Å². The summed E-state index contributed by atoms with van der Waals surface area (Å²) < 4.78 is 0. The van der Waals surface area contributed by atoms with Crippen molar-refractivity contribution in [1.82, 2.24) is 5.43 Å². The highest BCUT2D eigenvalue weighted by Crippen LogP contribution is 2.59. The van der Waals surface area contributed by atoms with E-state index in [1.807, 2.05) is 0 Å². The van der Waals surface area contributed by atoms with E-state index in [-0.39, 0.29) is 0 Å². The zero-order valence-corrected chi connectivity index (χ0v) is 7.92. The van der Waals surface area contributed by atoms with Gasteiger partial charge in [-0.05, 0) is 37.0 Å². The van der Waals surface area contributed by atoms with Crippen molar-refractivity contribution < 1.29 is 0 Å². The Balaban J connectivity index is 1.84. The molecule has 70 valence electrons. The van der Waals surface area contributed by atoms with Gasteiger partial charge in [0.15, 0.2) is 0 Å². The Bertz CT molecular complexity index is 148. The summed E-state index contributed by atoms with van der Waals surface area (Å²) in [5.74, 6) is 8.57. The van der Waals surface area contributed by atoms with Gasteiger partial charge in [-0.1, -0.05) is 19.8 Å². The second-order valence-corrected chi connectivity index (χ2v) is 4.40. The van der Waals surface area contributed by atoms with Gasteiger partial charge < -0.3 is 0 Å². The van der Waals surface area contributed by atoms with E-state index in [9.17, 15) is 0 Å². The molecule has 0 aliphatic heterocycles. The van der Waals surface area contributed by atoms with Gasteiger partial charge >= 0.3 is 0 Å². The fraction of sp³-hybridized carbons (Fsp3) is 1.00. The van der Waals surface area contributed by atoms with Gasteiger partial charge in [0.2, 0.25) is 0 Å². The minimum Gasteiger partial charge on any atom is -0.271 e. The second kappa shape index (κ2) is 3.35. The molecule has 12 heavy (non-hydrogen) atoms. The Labute approximate surface area is 74.9 Å². The topological polar surface area (TPSA) is 38.0 Å². The number of hydrogen-bond donors (Lipinski definition) is 2. The highest BCUT2D eigenvalue weighted by Gasteiger charge is 2.55. The van der Waals surface area contributed by atoms with E-state index >= 15 is 0 Å². The van der Waals surface area contributed by atoms with Crippen LogP contribution >= 0.6 is 0 Å². The van der Waals surface area contributed by atoms with Crippen molar-refractivity contribution in [3.8, 4) is 0 Å².